The molecule has 0 fully saturated rings. The van der Waals surface area contributed by atoms with Gasteiger partial charge in [-0.05, 0) is 24.1 Å². The Morgan fingerprint density at radius 2 is 2.17 bits per heavy atom. The molecule has 2 heterocycles. The molecule has 0 spiro atoms. The number of amides is 1. The van der Waals surface area contributed by atoms with E-state index in [1.165, 1.54) is 12.2 Å². The smallest absolute Gasteiger partial charge is 0.251 e. The number of allylic oxidation sites excluding steroid dienone is 1. The predicted molar refractivity (Wildman–Crippen MR) is 92.3 cm³/mol. The maximum absolute atomic E-state index is 12.2. The van der Waals surface area contributed by atoms with Crippen LogP contribution in [0.5, 0.6) is 0 Å². The molecule has 0 unspecified atom stereocenters. The van der Waals surface area contributed by atoms with Crippen molar-refractivity contribution in [2.45, 2.75) is 6.42 Å². The molecule has 0 radical (unpaired) electrons. The van der Waals surface area contributed by atoms with Crippen LogP contribution >= 0.6 is 0 Å². The fraction of sp³-hybridized carbons (Fsp3) is 0.105. The highest BCUT2D eigenvalue weighted by Gasteiger charge is 2.24. The molecular weight excluding hydrogens is 300 g/mol. The molecule has 1 aliphatic rings. The van der Waals surface area contributed by atoms with E-state index < -0.39 is 0 Å². The number of carbonyl (C=O) groups excluding carboxylic acids is 1. The Kier molecular flexibility index (Phi) is 3.36. The number of rotatable bonds is 2. The van der Waals surface area contributed by atoms with Gasteiger partial charge in [-0.15, -0.1) is 0 Å². The number of hydrogen-bond acceptors (Lipinski definition) is 3. The number of para-hydroxylation sites is 1. The highest BCUT2D eigenvalue weighted by atomic mass is 16.2. The number of H-pyrrole nitrogens is 1. The molecule has 1 N–H and O–H groups in total. The first kappa shape index (κ1) is 14.2. The number of hydrogen-bond donors (Lipinski definition) is 1. The van der Waals surface area contributed by atoms with Crippen LogP contribution in [-0.4, -0.2) is 22.6 Å². The van der Waals surface area contributed by atoms with Crippen molar-refractivity contribution in [1.82, 2.24) is 10.2 Å². The number of nitrogens with zero attached hydrogens (tertiary/aromatic N) is 3. The number of nitriles is 1. The van der Waals surface area contributed by atoms with Crippen molar-refractivity contribution in [1.29, 1.82) is 5.26 Å². The number of fused-ring (bicyclic) bond motifs is 2. The zero-order valence-corrected chi connectivity index (χ0v) is 12.9. The van der Waals surface area contributed by atoms with E-state index in [9.17, 15) is 4.79 Å². The Morgan fingerprint density at radius 1 is 1.29 bits per heavy atom. The molecule has 0 aliphatic carbocycles. The summed E-state index contributed by atoms with van der Waals surface area (Å²) >= 11 is 0. The summed E-state index contributed by atoms with van der Waals surface area (Å²) in [5.74, 6) is -0.167. The van der Waals surface area contributed by atoms with E-state index in [-0.39, 0.29) is 5.91 Å². The Labute approximate surface area is 138 Å². The summed E-state index contributed by atoms with van der Waals surface area (Å²) < 4.78 is 0. The van der Waals surface area contributed by atoms with E-state index in [0.29, 0.717) is 6.54 Å². The van der Waals surface area contributed by atoms with Crippen LogP contribution in [0.25, 0.3) is 22.2 Å². The van der Waals surface area contributed by atoms with Crippen molar-refractivity contribution >= 4 is 22.5 Å². The lowest BCUT2D eigenvalue weighted by Gasteiger charge is -2.15. The van der Waals surface area contributed by atoms with Gasteiger partial charge < -0.3 is 4.90 Å². The fourth-order valence-corrected chi connectivity index (χ4v) is 3.14. The maximum atomic E-state index is 12.2. The van der Waals surface area contributed by atoms with Crippen LogP contribution in [0.2, 0.25) is 0 Å². The number of anilines is 1. The second-order valence-electron chi connectivity index (χ2n) is 5.66. The van der Waals surface area contributed by atoms with Gasteiger partial charge in [0.1, 0.15) is 0 Å². The van der Waals surface area contributed by atoms with E-state index in [2.05, 4.69) is 16.3 Å². The van der Waals surface area contributed by atoms with Gasteiger partial charge >= 0.3 is 0 Å². The molecule has 3 aromatic rings. The first-order valence-corrected chi connectivity index (χ1v) is 7.72. The third-order valence-corrected chi connectivity index (χ3v) is 4.29. The molecule has 4 rings (SSSR count). The first-order chi connectivity index (χ1) is 11.8. The van der Waals surface area contributed by atoms with Gasteiger partial charge in [0.2, 0.25) is 0 Å². The highest BCUT2D eigenvalue weighted by molar-refractivity contribution is 6.04. The maximum Gasteiger partial charge on any atom is 0.251 e. The van der Waals surface area contributed by atoms with Crippen molar-refractivity contribution in [2.24, 2.45) is 0 Å². The lowest BCUT2D eigenvalue weighted by Crippen LogP contribution is -2.26. The Hall–Kier alpha value is -3.39. The summed E-state index contributed by atoms with van der Waals surface area (Å²) in [4.78, 5) is 14.0. The monoisotopic (exact) mass is 314 g/mol. The summed E-state index contributed by atoms with van der Waals surface area (Å²) in [7, 11) is 0. The molecule has 1 aliphatic heterocycles. The topological polar surface area (TPSA) is 72.8 Å². The zero-order valence-electron chi connectivity index (χ0n) is 12.9. The average Bonchev–Trinajstić information content (AvgIpc) is 3.23. The van der Waals surface area contributed by atoms with Crippen LogP contribution in [-0.2, 0) is 11.2 Å². The summed E-state index contributed by atoms with van der Waals surface area (Å²) in [5.41, 5.74) is 4.86. The summed E-state index contributed by atoms with van der Waals surface area (Å²) in [6.07, 6.45) is 3.35. The second kappa shape index (κ2) is 5.67. The fourth-order valence-electron chi connectivity index (χ4n) is 3.14. The van der Waals surface area contributed by atoms with Gasteiger partial charge in [0, 0.05) is 35.3 Å². The van der Waals surface area contributed by atoms with E-state index in [1.54, 1.807) is 4.90 Å². The van der Waals surface area contributed by atoms with E-state index in [1.807, 2.05) is 42.5 Å². The van der Waals surface area contributed by atoms with Gasteiger partial charge in [0.25, 0.3) is 5.91 Å². The van der Waals surface area contributed by atoms with E-state index in [0.717, 1.165) is 39.8 Å². The van der Waals surface area contributed by atoms with E-state index >= 15 is 0 Å². The van der Waals surface area contributed by atoms with Crippen molar-refractivity contribution in [2.75, 3.05) is 11.4 Å². The highest BCUT2D eigenvalue weighted by Crippen LogP contribution is 2.34. The van der Waals surface area contributed by atoms with Crippen LogP contribution in [0.4, 0.5) is 5.69 Å². The molecule has 0 saturated heterocycles. The van der Waals surface area contributed by atoms with Gasteiger partial charge in [0.05, 0.1) is 17.3 Å². The largest absolute Gasteiger partial charge is 0.308 e. The normalized spacial score (nSPS) is 13.4. The summed E-state index contributed by atoms with van der Waals surface area (Å²) in [6, 6.07) is 15.9. The predicted octanol–water partition coefficient (Wildman–Crippen LogP) is 3.20. The van der Waals surface area contributed by atoms with Crippen molar-refractivity contribution in [3.63, 3.8) is 0 Å². The number of nitrogens with one attached hydrogen (secondary N) is 1. The summed E-state index contributed by atoms with van der Waals surface area (Å²) in [6.45, 7) is 0.634. The SMILES string of the molecule is N#C/C=C/C(=O)N1CCc2ccc(-c3n[nH]c4ccccc34)cc21. The minimum Gasteiger partial charge on any atom is -0.308 e. The average molecular weight is 314 g/mol. The molecule has 116 valence electrons. The van der Waals surface area contributed by atoms with Crippen molar-refractivity contribution in [3.8, 4) is 17.3 Å². The molecule has 0 saturated carbocycles. The quantitative estimate of drug-likeness (QED) is 0.583. The van der Waals surface area contributed by atoms with Gasteiger partial charge in [-0.2, -0.15) is 10.4 Å². The van der Waals surface area contributed by atoms with Gasteiger partial charge in [0.15, 0.2) is 0 Å². The van der Waals surface area contributed by atoms with Crippen LogP contribution in [0, 0.1) is 11.3 Å². The molecular formula is C19H14N4O. The lowest BCUT2D eigenvalue weighted by molar-refractivity contribution is -0.114. The lowest BCUT2D eigenvalue weighted by atomic mass is 10.0. The minimum absolute atomic E-state index is 0.167. The van der Waals surface area contributed by atoms with Crippen LogP contribution in [0.15, 0.2) is 54.6 Å². The number of aromatic amines is 1. The van der Waals surface area contributed by atoms with Gasteiger partial charge in [-0.1, -0.05) is 30.3 Å². The Morgan fingerprint density at radius 3 is 3.04 bits per heavy atom. The zero-order chi connectivity index (χ0) is 16.5. The van der Waals surface area contributed by atoms with Crippen LogP contribution in [0.3, 0.4) is 0 Å². The molecule has 0 atom stereocenters. The van der Waals surface area contributed by atoms with Crippen LogP contribution in [0.1, 0.15) is 5.56 Å². The minimum atomic E-state index is -0.167. The van der Waals surface area contributed by atoms with Gasteiger partial charge in [-0.3, -0.25) is 9.89 Å². The Bertz CT molecular complexity index is 1010. The van der Waals surface area contributed by atoms with Gasteiger partial charge in [-0.25, -0.2) is 0 Å². The third kappa shape index (κ3) is 2.25. The number of aromatic nitrogens is 2. The first-order valence-electron chi connectivity index (χ1n) is 7.72. The summed E-state index contributed by atoms with van der Waals surface area (Å²) in [5, 5.41) is 17.1. The number of carbonyl (C=O) groups is 1. The van der Waals surface area contributed by atoms with Crippen molar-refractivity contribution in [3.05, 3.63) is 60.2 Å². The van der Waals surface area contributed by atoms with Crippen molar-refractivity contribution < 1.29 is 4.79 Å². The molecule has 24 heavy (non-hydrogen) atoms. The molecule has 2 aromatic carbocycles. The molecule has 1 amide bonds. The third-order valence-electron chi connectivity index (χ3n) is 4.29. The molecule has 1 aromatic heterocycles. The number of benzene rings is 2. The molecule has 0 bridgehead atoms. The van der Waals surface area contributed by atoms with Crippen LogP contribution < -0.4 is 4.90 Å². The second-order valence-corrected chi connectivity index (χ2v) is 5.66. The standard InChI is InChI=1S/C19H14N4O/c20-10-3-6-18(24)23-11-9-13-7-8-14(12-17(13)23)19-15-4-1-2-5-16(15)21-22-19/h1-8,12H,9,11H2,(H,21,22)/b6-3+. The Balaban J connectivity index is 1.77. The molecule has 5 nitrogen and oxygen atoms in total. The van der Waals surface area contributed by atoms with E-state index in [4.69, 9.17) is 5.26 Å². The molecule has 5 heteroatoms.